The fourth-order valence-electron chi connectivity index (χ4n) is 5.42. The first-order valence-corrected chi connectivity index (χ1v) is 13.9. The van der Waals surface area contributed by atoms with Crippen LogP contribution >= 0.6 is 0 Å². The topological polar surface area (TPSA) is 18.5 Å². The number of hydrogen-bond acceptors (Lipinski definition) is 2. The molecule has 0 bridgehead atoms. The van der Waals surface area contributed by atoms with E-state index in [0.717, 1.165) is 5.46 Å². The van der Waals surface area contributed by atoms with E-state index in [1.807, 2.05) is 0 Å². The van der Waals surface area contributed by atoms with Gasteiger partial charge in [0.05, 0.1) is 11.2 Å². The highest BCUT2D eigenvalue weighted by molar-refractivity contribution is 6.62. The van der Waals surface area contributed by atoms with Gasteiger partial charge >= 0.3 is 7.12 Å². The second-order valence-electron chi connectivity index (χ2n) is 13.0. The molecule has 0 aliphatic carbocycles. The molecule has 0 aromatic heterocycles. The van der Waals surface area contributed by atoms with Gasteiger partial charge in [-0.15, -0.1) is 0 Å². The summed E-state index contributed by atoms with van der Waals surface area (Å²) in [5, 5.41) is 4.91. The van der Waals surface area contributed by atoms with Gasteiger partial charge < -0.3 is 9.31 Å². The molecule has 0 amide bonds. The van der Waals surface area contributed by atoms with Crippen molar-refractivity contribution in [2.24, 2.45) is 0 Å². The molecule has 0 saturated carbocycles. The Bertz CT molecular complexity index is 1690. The maximum absolute atomic E-state index is 6.31. The minimum absolute atomic E-state index is 0.0608. The second kappa shape index (κ2) is 9.08. The predicted molar refractivity (Wildman–Crippen MR) is 167 cm³/mol. The maximum Gasteiger partial charge on any atom is 0.494 e. The number of hydrogen-bond donors (Lipinski definition) is 0. The first-order valence-electron chi connectivity index (χ1n) is 13.9. The van der Waals surface area contributed by atoms with Crippen LogP contribution in [0.25, 0.3) is 43.8 Å². The monoisotopic (exact) mass is 512 g/mol. The Morgan fingerprint density at radius 1 is 0.538 bits per heavy atom. The SMILES string of the molecule is CC(C)(C)c1ccc(-c2ccc3ccccc3c2)c(-c2ccc3cc(B4OC(C)(C)C(C)(C)O4)ccc3c2)c1. The quantitative estimate of drug-likeness (QED) is 0.225. The van der Waals surface area contributed by atoms with Crippen LogP contribution in [-0.4, -0.2) is 18.3 Å². The van der Waals surface area contributed by atoms with Crippen LogP contribution < -0.4 is 5.46 Å². The summed E-state index contributed by atoms with van der Waals surface area (Å²) in [6, 6.07) is 35.6. The lowest BCUT2D eigenvalue weighted by molar-refractivity contribution is 0.00578. The van der Waals surface area contributed by atoms with Gasteiger partial charge in [0.25, 0.3) is 0 Å². The lowest BCUT2D eigenvalue weighted by Gasteiger charge is -2.32. The van der Waals surface area contributed by atoms with E-state index in [1.54, 1.807) is 0 Å². The summed E-state index contributed by atoms with van der Waals surface area (Å²) in [7, 11) is -0.359. The fourth-order valence-corrected chi connectivity index (χ4v) is 5.42. The Morgan fingerprint density at radius 2 is 1.08 bits per heavy atom. The highest BCUT2D eigenvalue weighted by atomic mass is 16.7. The Balaban J connectivity index is 1.44. The number of fused-ring (bicyclic) bond motifs is 2. The molecule has 1 saturated heterocycles. The minimum Gasteiger partial charge on any atom is -0.399 e. The first kappa shape index (κ1) is 25.9. The van der Waals surface area contributed by atoms with E-state index in [1.165, 1.54) is 49.4 Å². The van der Waals surface area contributed by atoms with Crippen LogP contribution in [0.15, 0.2) is 97.1 Å². The minimum atomic E-state index is -0.359. The third kappa shape index (κ3) is 4.69. The Kier molecular flexibility index (Phi) is 6.02. The summed E-state index contributed by atoms with van der Waals surface area (Å²) in [5.74, 6) is 0. The lowest BCUT2D eigenvalue weighted by Crippen LogP contribution is -2.41. The van der Waals surface area contributed by atoms with Crippen molar-refractivity contribution in [1.82, 2.24) is 0 Å². The Morgan fingerprint density at radius 3 is 1.74 bits per heavy atom. The lowest BCUT2D eigenvalue weighted by atomic mass is 9.78. The molecule has 196 valence electrons. The molecule has 3 heteroatoms. The summed E-state index contributed by atoms with van der Waals surface area (Å²) in [4.78, 5) is 0. The van der Waals surface area contributed by atoms with Gasteiger partial charge in [0.15, 0.2) is 0 Å². The van der Waals surface area contributed by atoms with Gasteiger partial charge in [0.2, 0.25) is 0 Å². The first-order chi connectivity index (χ1) is 18.4. The summed E-state index contributed by atoms with van der Waals surface area (Å²) in [6.45, 7) is 15.2. The van der Waals surface area contributed by atoms with Gasteiger partial charge in [-0.3, -0.25) is 0 Å². The van der Waals surface area contributed by atoms with Crippen molar-refractivity contribution in [3.8, 4) is 22.3 Å². The average molecular weight is 513 g/mol. The van der Waals surface area contributed by atoms with E-state index < -0.39 is 0 Å². The third-order valence-electron chi connectivity index (χ3n) is 8.65. The summed E-state index contributed by atoms with van der Waals surface area (Å²) in [6.07, 6.45) is 0. The van der Waals surface area contributed by atoms with Crippen molar-refractivity contribution < 1.29 is 9.31 Å². The standard InChI is InChI=1S/C36H37BO2/c1-34(2,3)30-17-19-32(28-14-12-24-10-8-9-11-25(24)20-28)33(23-30)29-15-13-27-22-31(18-16-26(27)21-29)37-38-35(4,5)36(6,7)39-37/h8-23H,1-7H3. The fraction of sp³-hybridized carbons (Fsp3) is 0.278. The molecule has 0 atom stereocenters. The van der Waals surface area contributed by atoms with E-state index in [9.17, 15) is 0 Å². The van der Waals surface area contributed by atoms with Gasteiger partial charge in [-0.25, -0.2) is 0 Å². The van der Waals surface area contributed by atoms with Crippen molar-refractivity contribution in [3.63, 3.8) is 0 Å². The molecule has 1 aliphatic rings. The van der Waals surface area contributed by atoms with Gasteiger partial charge in [0, 0.05) is 0 Å². The smallest absolute Gasteiger partial charge is 0.399 e. The molecule has 0 radical (unpaired) electrons. The van der Waals surface area contributed by atoms with Crippen LogP contribution in [0.3, 0.4) is 0 Å². The molecule has 1 heterocycles. The van der Waals surface area contributed by atoms with Crippen LogP contribution in [0, 0.1) is 0 Å². The van der Waals surface area contributed by atoms with Crippen molar-refractivity contribution in [1.29, 1.82) is 0 Å². The van der Waals surface area contributed by atoms with E-state index >= 15 is 0 Å². The predicted octanol–water partition coefficient (Wildman–Crippen LogP) is 8.92. The molecule has 2 nitrogen and oxygen atoms in total. The highest BCUT2D eigenvalue weighted by Gasteiger charge is 2.51. The van der Waals surface area contributed by atoms with E-state index in [4.69, 9.17) is 9.31 Å². The summed E-state index contributed by atoms with van der Waals surface area (Å²) in [5.41, 5.74) is 6.71. The summed E-state index contributed by atoms with van der Waals surface area (Å²) >= 11 is 0. The molecule has 5 aromatic rings. The van der Waals surface area contributed by atoms with Crippen LogP contribution in [0.1, 0.15) is 54.0 Å². The van der Waals surface area contributed by atoms with Crippen LogP contribution in [-0.2, 0) is 14.7 Å². The van der Waals surface area contributed by atoms with Crippen LogP contribution in [0.4, 0.5) is 0 Å². The van der Waals surface area contributed by atoms with Crippen LogP contribution in [0.2, 0.25) is 0 Å². The van der Waals surface area contributed by atoms with Crippen molar-refractivity contribution in [3.05, 3.63) is 103 Å². The van der Waals surface area contributed by atoms with Crippen molar-refractivity contribution >= 4 is 34.1 Å². The van der Waals surface area contributed by atoms with E-state index in [-0.39, 0.29) is 23.7 Å². The average Bonchev–Trinajstić information content (AvgIpc) is 3.13. The third-order valence-corrected chi connectivity index (χ3v) is 8.65. The van der Waals surface area contributed by atoms with Gasteiger partial charge in [0.1, 0.15) is 0 Å². The molecule has 0 spiro atoms. The van der Waals surface area contributed by atoms with Gasteiger partial charge in [-0.05, 0) is 100 Å². The normalized spacial score (nSPS) is 16.7. The van der Waals surface area contributed by atoms with Crippen molar-refractivity contribution in [2.45, 2.75) is 65.1 Å². The van der Waals surface area contributed by atoms with Gasteiger partial charge in [-0.1, -0.05) is 106 Å². The molecule has 39 heavy (non-hydrogen) atoms. The Labute approximate surface area is 233 Å². The largest absolute Gasteiger partial charge is 0.494 e. The molecule has 1 fully saturated rings. The van der Waals surface area contributed by atoms with Crippen LogP contribution in [0.5, 0.6) is 0 Å². The Hall–Kier alpha value is -3.40. The van der Waals surface area contributed by atoms with E-state index in [0.29, 0.717) is 0 Å². The molecular weight excluding hydrogens is 475 g/mol. The molecule has 5 aromatic carbocycles. The zero-order chi connectivity index (χ0) is 27.6. The van der Waals surface area contributed by atoms with E-state index in [2.05, 4.69) is 146 Å². The second-order valence-corrected chi connectivity index (χ2v) is 13.0. The maximum atomic E-state index is 6.31. The molecule has 0 N–H and O–H groups in total. The zero-order valence-electron chi connectivity index (χ0n) is 24.1. The molecular formula is C36H37BO2. The molecule has 0 unspecified atom stereocenters. The molecule has 6 rings (SSSR count). The zero-order valence-corrected chi connectivity index (χ0v) is 24.1. The number of rotatable bonds is 3. The molecule has 1 aliphatic heterocycles. The number of benzene rings is 5. The van der Waals surface area contributed by atoms with Gasteiger partial charge in [-0.2, -0.15) is 0 Å². The summed E-state index contributed by atoms with van der Waals surface area (Å²) < 4.78 is 12.6. The highest BCUT2D eigenvalue weighted by Crippen LogP contribution is 2.39. The van der Waals surface area contributed by atoms with Crippen molar-refractivity contribution in [2.75, 3.05) is 0 Å².